The molecule has 0 saturated carbocycles. The fourth-order valence-electron chi connectivity index (χ4n) is 2.23. The zero-order chi connectivity index (χ0) is 14.9. The second kappa shape index (κ2) is 5.47. The quantitative estimate of drug-likeness (QED) is 0.581. The third-order valence-electron chi connectivity index (χ3n) is 3.25. The molecular formula is C16H11N3OS2. The van der Waals surface area contributed by atoms with Crippen LogP contribution in [0.25, 0.3) is 11.0 Å². The van der Waals surface area contributed by atoms with Gasteiger partial charge in [0.2, 0.25) is 4.96 Å². The first-order valence-electron chi connectivity index (χ1n) is 6.77. The minimum Gasteiger partial charge on any atom is -0.266 e. The van der Waals surface area contributed by atoms with E-state index in [1.165, 1.54) is 15.9 Å². The van der Waals surface area contributed by atoms with Gasteiger partial charge in [0.15, 0.2) is 5.82 Å². The van der Waals surface area contributed by atoms with Gasteiger partial charge in [0.1, 0.15) is 0 Å². The number of thiophene rings is 1. The lowest BCUT2D eigenvalue weighted by Gasteiger charge is -1.94. The molecule has 0 aliphatic rings. The van der Waals surface area contributed by atoms with Crippen LogP contribution in [0.4, 0.5) is 0 Å². The summed E-state index contributed by atoms with van der Waals surface area (Å²) in [6, 6.07) is 14.0. The molecule has 3 aromatic heterocycles. The molecule has 6 heteroatoms. The Bertz CT molecular complexity index is 1020. The predicted molar refractivity (Wildman–Crippen MR) is 89.5 cm³/mol. The molecule has 0 atom stereocenters. The molecular weight excluding hydrogens is 314 g/mol. The summed E-state index contributed by atoms with van der Waals surface area (Å²) in [5, 5.41) is 6.34. The normalized spacial score (nSPS) is 12.3. The van der Waals surface area contributed by atoms with Gasteiger partial charge in [0.25, 0.3) is 5.56 Å². The van der Waals surface area contributed by atoms with Crippen molar-refractivity contribution in [3.05, 3.63) is 79.0 Å². The maximum Gasteiger partial charge on any atom is 0.291 e. The Morgan fingerprint density at radius 2 is 2.00 bits per heavy atom. The van der Waals surface area contributed by atoms with E-state index >= 15 is 0 Å². The number of benzene rings is 1. The minimum atomic E-state index is -0.0970. The fraction of sp³-hybridized carbons (Fsp3) is 0.0625. The maximum atomic E-state index is 12.4. The zero-order valence-electron chi connectivity index (χ0n) is 11.5. The second-order valence-electron chi connectivity index (χ2n) is 4.82. The number of rotatable bonds is 3. The van der Waals surface area contributed by atoms with Crippen LogP contribution in [0.1, 0.15) is 16.3 Å². The number of hydrogen-bond acceptors (Lipinski definition) is 5. The lowest BCUT2D eigenvalue weighted by molar-refractivity contribution is 0.879. The van der Waals surface area contributed by atoms with Crippen LogP contribution in [-0.2, 0) is 6.42 Å². The van der Waals surface area contributed by atoms with Crippen LogP contribution in [0.3, 0.4) is 0 Å². The molecule has 22 heavy (non-hydrogen) atoms. The summed E-state index contributed by atoms with van der Waals surface area (Å²) in [5.41, 5.74) is 1.04. The average molecular weight is 325 g/mol. The van der Waals surface area contributed by atoms with E-state index in [1.54, 1.807) is 11.3 Å². The largest absolute Gasteiger partial charge is 0.291 e. The first-order valence-corrected chi connectivity index (χ1v) is 8.47. The van der Waals surface area contributed by atoms with Crippen molar-refractivity contribution < 1.29 is 0 Å². The Kier molecular flexibility index (Phi) is 3.32. The standard InChI is InChI=1S/C16H11N3OS2/c20-15-13(10-12-7-4-8-21-12)22-16-17-14(18-19(15)16)9-11-5-2-1-3-6-11/h1-8,10H,9H2/b13-10-. The summed E-state index contributed by atoms with van der Waals surface area (Å²) in [7, 11) is 0. The topological polar surface area (TPSA) is 47.3 Å². The molecule has 0 bridgehead atoms. The molecule has 0 spiro atoms. The molecule has 4 nitrogen and oxygen atoms in total. The second-order valence-corrected chi connectivity index (χ2v) is 6.80. The lowest BCUT2D eigenvalue weighted by atomic mass is 10.1. The monoisotopic (exact) mass is 325 g/mol. The predicted octanol–water partition coefficient (Wildman–Crippen LogP) is 2.35. The molecule has 0 amide bonds. The van der Waals surface area contributed by atoms with Gasteiger partial charge in [-0.3, -0.25) is 4.79 Å². The van der Waals surface area contributed by atoms with Gasteiger partial charge in [-0.25, -0.2) is 4.98 Å². The molecule has 4 aromatic rings. The van der Waals surface area contributed by atoms with Gasteiger partial charge in [-0.1, -0.05) is 47.7 Å². The first-order chi connectivity index (χ1) is 10.8. The third kappa shape index (κ3) is 2.47. The Hall–Kier alpha value is -2.31. The van der Waals surface area contributed by atoms with E-state index in [-0.39, 0.29) is 5.56 Å². The first kappa shape index (κ1) is 13.4. The molecule has 0 aliphatic heterocycles. The van der Waals surface area contributed by atoms with Gasteiger partial charge in [0.05, 0.1) is 4.53 Å². The Morgan fingerprint density at radius 3 is 2.73 bits per heavy atom. The highest BCUT2D eigenvalue weighted by Crippen LogP contribution is 2.10. The van der Waals surface area contributed by atoms with Gasteiger partial charge >= 0.3 is 0 Å². The van der Waals surface area contributed by atoms with E-state index < -0.39 is 0 Å². The van der Waals surface area contributed by atoms with E-state index in [0.29, 0.717) is 21.7 Å². The van der Waals surface area contributed by atoms with Crippen molar-refractivity contribution in [3.8, 4) is 0 Å². The smallest absolute Gasteiger partial charge is 0.266 e. The molecule has 4 rings (SSSR count). The van der Waals surface area contributed by atoms with E-state index in [0.717, 1.165) is 10.4 Å². The molecule has 1 aromatic carbocycles. The van der Waals surface area contributed by atoms with Crippen molar-refractivity contribution in [2.75, 3.05) is 0 Å². The summed E-state index contributed by atoms with van der Waals surface area (Å²) >= 11 is 2.99. The van der Waals surface area contributed by atoms with Gasteiger partial charge in [-0.15, -0.1) is 16.4 Å². The molecule has 0 N–H and O–H groups in total. The van der Waals surface area contributed by atoms with Gasteiger partial charge in [0, 0.05) is 11.3 Å². The van der Waals surface area contributed by atoms with Crippen LogP contribution < -0.4 is 10.1 Å². The summed E-state index contributed by atoms with van der Waals surface area (Å²) < 4.78 is 2.08. The Balaban J connectivity index is 1.73. The van der Waals surface area contributed by atoms with Crippen LogP contribution >= 0.6 is 22.7 Å². The number of thiazole rings is 1. The van der Waals surface area contributed by atoms with Crippen molar-refractivity contribution in [2.45, 2.75) is 6.42 Å². The van der Waals surface area contributed by atoms with Crippen LogP contribution in [0.2, 0.25) is 0 Å². The average Bonchev–Trinajstić information content (AvgIpc) is 3.22. The minimum absolute atomic E-state index is 0.0970. The van der Waals surface area contributed by atoms with Crippen LogP contribution in [0.5, 0.6) is 0 Å². The van der Waals surface area contributed by atoms with Gasteiger partial charge in [-0.05, 0) is 23.1 Å². The zero-order valence-corrected chi connectivity index (χ0v) is 13.1. The third-order valence-corrected chi connectivity index (χ3v) is 5.03. The SMILES string of the molecule is O=c1/c(=C/c2cccs2)sc2nc(Cc3ccccc3)nn12. The highest BCUT2D eigenvalue weighted by atomic mass is 32.1. The van der Waals surface area contributed by atoms with Crippen molar-refractivity contribution in [3.63, 3.8) is 0 Å². The van der Waals surface area contributed by atoms with Crippen LogP contribution in [-0.4, -0.2) is 14.6 Å². The molecule has 0 unspecified atom stereocenters. The highest BCUT2D eigenvalue weighted by molar-refractivity contribution is 7.15. The van der Waals surface area contributed by atoms with Crippen molar-refractivity contribution in [2.24, 2.45) is 0 Å². The number of aromatic nitrogens is 3. The maximum absolute atomic E-state index is 12.4. The molecule has 108 valence electrons. The molecule has 0 radical (unpaired) electrons. The van der Waals surface area contributed by atoms with Crippen molar-refractivity contribution >= 4 is 33.7 Å². The van der Waals surface area contributed by atoms with E-state index in [9.17, 15) is 4.79 Å². The van der Waals surface area contributed by atoms with Crippen molar-refractivity contribution in [1.29, 1.82) is 0 Å². The molecule has 0 aliphatic carbocycles. The van der Waals surface area contributed by atoms with E-state index in [1.807, 2.05) is 53.9 Å². The summed E-state index contributed by atoms with van der Waals surface area (Å²) in [6.45, 7) is 0. The summed E-state index contributed by atoms with van der Waals surface area (Å²) in [6.07, 6.45) is 2.53. The Labute approximate surface area is 134 Å². The molecule has 0 saturated heterocycles. The molecule has 0 fully saturated rings. The van der Waals surface area contributed by atoms with E-state index in [4.69, 9.17) is 0 Å². The molecule has 3 heterocycles. The van der Waals surface area contributed by atoms with Crippen LogP contribution in [0.15, 0.2) is 52.6 Å². The summed E-state index contributed by atoms with van der Waals surface area (Å²) in [5.74, 6) is 0.678. The van der Waals surface area contributed by atoms with Gasteiger partial charge in [-0.2, -0.15) is 4.52 Å². The number of nitrogens with zero attached hydrogens (tertiary/aromatic N) is 3. The van der Waals surface area contributed by atoms with E-state index in [2.05, 4.69) is 10.1 Å². The highest BCUT2D eigenvalue weighted by Gasteiger charge is 2.10. The van der Waals surface area contributed by atoms with Gasteiger partial charge < -0.3 is 0 Å². The fourth-order valence-corrected chi connectivity index (χ4v) is 3.88. The van der Waals surface area contributed by atoms with Crippen LogP contribution in [0, 0.1) is 0 Å². The number of fused-ring (bicyclic) bond motifs is 1. The number of hydrogen-bond donors (Lipinski definition) is 0. The van der Waals surface area contributed by atoms with Crippen molar-refractivity contribution in [1.82, 2.24) is 14.6 Å². The lowest BCUT2D eigenvalue weighted by Crippen LogP contribution is -2.23. The summed E-state index contributed by atoms with van der Waals surface area (Å²) in [4.78, 5) is 18.6. The Morgan fingerprint density at radius 1 is 1.14 bits per heavy atom.